The molecule has 2 aromatic carbocycles. The lowest BCUT2D eigenvalue weighted by Crippen LogP contribution is -2.56. The van der Waals surface area contributed by atoms with Gasteiger partial charge in [-0.2, -0.15) is 0 Å². The van der Waals surface area contributed by atoms with Gasteiger partial charge in [0.05, 0.1) is 12.0 Å². The van der Waals surface area contributed by atoms with Crippen LogP contribution in [0.2, 0.25) is 0 Å². The van der Waals surface area contributed by atoms with E-state index in [1.54, 1.807) is 6.20 Å². The zero-order valence-corrected chi connectivity index (χ0v) is 25.2. The molecule has 4 rings (SSSR count). The number of amides is 3. The van der Waals surface area contributed by atoms with Gasteiger partial charge in [-0.05, 0) is 23.5 Å². The fourth-order valence-corrected chi connectivity index (χ4v) is 5.57. The first kappa shape index (κ1) is 32.0. The zero-order valence-electron chi connectivity index (χ0n) is 24.1. The van der Waals surface area contributed by atoms with Crippen molar-refractivity contribution in [3.8, 4) is 0 Å². The maximum atomic E-state index is 13.7. The highest BCUT2D eigenvalue weighted by Gasteiger charge is 2.30. The molecule has 0 saturated heterocycles. The summed E-state index contributed by atoms with van der Waals surface area (Å²) in [5.41, 5.74) is 2.19. The van der Waals surface area contributed by atoms with Crippen molar-refractivity contribution in [3.05, 3.63) is 90.0 Å². The van der Waals surface area contributed by atoms with E-state index in [1.807, 2.05) is 60.7 Å². The summed E-state index contributed by atoms with van der Waals surface area (Å²) < 4.78 is 22.3. The number of benzene rings is 2. The van der Waals surface area contributed by atoms with Gasteiger partial charge in [0, 0.05) is 19.0 Å². The summed E-state index contributed by atoms with van der Waals surface area (Å²) in [4.78, 5) is 47.0. The molecular weight excluding hydrogens is 569 g/mol. The molecule has 4 atom stereocenters. The number of aromatic amines is 1. The molecular formula is C31H40N5O6P. The number of carbonyl (C=O) groups excluding carboxylic acids is 3. The van der Waals surface area contributed by atoms with E-state index in [4.69, 9.17) is 9.26 Å². The lowest BCUT2D eigenvalue weighted by Gasteiger charge is -2.28. The van der Waals surface area contributed by atoms with Crippen molar-refractivity contribution in [1.82, 2.24) is 25.9 Å². The summed E-state index contributed by atoms with van der Waals surface area (Å²) in [6.07, 6.45) is 7.97. The second-order valence-electron chi connectivity index (χ2n) is 10.7. The standard InChI is InChI=1S/C31H40N5O6P/c37-29(26(16-22-10-4-1-5-11-22)35-31(39)41-20-24-14-8-3-9-15-24)34-27(18-25-19-32-21-33-25)30(38)36-28(42-43-40)17-23-12-6-2-7-13-23/h1,3-5,8-11,14-15,19,21,23,26-28H,2,6-7,12-13,16-18,20,43H2,(H,32,33)(H,34,37)(H,35,39)(H,36,38)/t26-,27-,28?/m0/s1. The number of carbonyl (C=O) groups is 3. The largest absolute Gasteiger partial charge is 0.445 e. The molecule has 0 aliphatic heterocycles. The smallest absolute Gasteiger partial charge is 0.408 e. The Kier molecular flexibility index (Phi) is 12.8. The molecule has 0 radical (unpaired) electrons. The van der Waals surface area contributed by atoms with Gasteiger partial charge in [-0.1, -0.05) is 92.8 Å². The van der Waals surface area contributed by atoms with Gasteiger partial charge in [-0.3, -0.25) is 14.2 Å². The third kappa shape index (κ3) is 11.0. The summed E-state index contributed by atoms with van der Waals surface area (Å²) >= 11 is 0. The molecule has 4 N–H and O–H groups in total. The Morgan fingerprint density at radius 2 is 1.51 bits per heavy atom. The van der Waals surface area contributed by atoms with Gasteiger partial charge in [-0.25, -0.2) is 9.78 Å². The van der Waals surface area contributed by atoms with Gasteiger partial charge in [0.1, 0.15) is 24.9 Å². The lowest BCUT2D eigenvalue weighted by atomic mass is 9.86. The van der Waals surface area contributed by atoms with E-state index in [-0.39, 0.29) is 19.4 Å². The van der Waals surface area contributed by atoms with E-state index >= 15 is 0 Å². The molecule has 2 unspecified atom stereocenters. The quantitative estimate of drug-likeness (QED) is 0.150. The third-order valence-electron chi connectivity index (χ3n) is 7.50. The average molecular weight is 610 g/mol. The molecule has 0 bridgehead atoms. The molecule has 12 heteroatoms. The first-order valence-corrected chi connectivity index (χ1v) is 15.6. The molecule has 1 aliphatic carbocycles. The van der Waals surface area contributed by atoms with Gasteiger partial charge in [-0.15, -0.1) is 0 Å². The lowest BCUT2D eigenvalue weighted by molar-refractivity contribution is -0.131. The second-order valence-corrected chi connectivity index (χ2v) is 11.2. The minimum atomic E-state index is -1.54. The van der Waals surface area contributed by atoms with E-state index in [2.05, 4.69) is 25.9 Å². The van der Waals surface area contributed by atoms with Crippen LogP contribution in [0.4, 0.5) is 4.79 Å². The number of rotatable bonds is 15. The van der Waals surface area contributed by atoms with Crippen molar-refractivity contribution >= 4 is 26.6 Å². The number of alkyl carbamates (subject to hydrolysis) is 1. The number of hydrogen-bond donors (Lipinski definition) is 4. The van der Waals surface area contributed by atoms with Crippen LogP contribution < -0.4 is 16.0 Å². The number of aromatic nitrogens is 2. The van der Waals surface area contributed by atoms with E-state index < -0.39 is 44.9 Å². The Morgan fingerprint density at radius 1 is 0.860 bits per heavy atom. The molecule has 230 valence electrons. The van der Waals surface area contributed by atoms with E-state index in [0.717, 1.165) is 36.8 Å². The van der Waals surface area contributed by atoms with Crippen molar-refractivity contribution in [2.75, 3.05) is 0 Å². The van der Waals surface area contributed by atoms with Gasteiger partial charge < -0.3 is 30.2 Å². The third-order valence-corrected chi connectivity index (χ3v) is 7.94. The summed E-state index contributed by atoms with van der Waals surface area (Å²) in [5, 5.41) is 8.31. The maximum absolute atomic E-state index is 13.7. The summed E-state index contributed by atoms with van der Waals surface area (Å²) in [5.74, 6) is -0.684. The van der Waals surface area contributed by atoms with Crippen LogP contribution >= 0.6 is 8.69 Å². The monoisotopic (exact) mass is 609 g/mol. The average Bonchev–Trinajstić information content (AvgIpc) is 3.54. The molecule has 1 aliphatic rings. The Morgan fingerprint density at radius 3 is 2.16 bits per heavy atom. The highest BCUT2D eigenvalue weighted by Crippen LogP contribution is 2.28. The van der Waals surface area contributed by atoms with Crippen molar-refractivity contribution in [2.45, 2.75) is 76.3 Å². The fourth-order valence-electron chi connectivity index (χ4n) is 5.26. The molecule has 1 heterocycles. The zero-order chi connectivity index (χ0) is 30.3. The number of nitrogens with zero attached hydrogens (tertiary/aromatic N) is 1. The Hall–Kier alpha value is -3.95. The number of H-pyrrole nitrogens is 1. The SMILES string of the molecule is O=[PH2]OC(CC1CCCCC1)NC(=O)[C@H](Cc1c[nH]cn1)NC(=O)[C@H](Cc1ccccc1)NC(=O)OCc1ccccc1. The van der Waals surface area contributed by atoms with Crippen LogP contribution in [-0.2, 0) is 42.9 Å². The molecule has 1 saturated carbocycles. The van der Waals surface area contributed by atoms with Crippen LogP contribution in [0.5, 0.6) is 0 Å². The number of imidazole rings is 1. The number of nitrogens with one attached hydrogen (secondary N) is 4. The van der Waals surface area contributed by atoms with Crippen molar-refractivity contribution in [3.63, 3.8) is 0 Å². The van der Waals surface area contributed by atoms with Crippen molar-refractivity contribution in [2.24, 2.45) is 5.92 Å². The van der Waals surface area contributed by atoms with Crippen LogP contribution in [0.15, 0.2) is 73.2 Å². The van der Waals surface area contributed by atoms with Crippen molar-refractivity contribution < 1.29 is 28.2 Å². The maximum Gasteiger partial charge on any atom is 0.408 e. The Balaban J connectivity index is 1.46. The van der Waals surface area contributed by atoms with E-state index in [1.165, 1.54) is 12.7 Å². The fraction of sp³-hybridized carbons (Fsp3) is 0.419. The Labute approximate surface area is 252 Å². The first-order valence-electron chi connectivity index (χ1n) is 14.7. The number of ether oxygens (including phenoxy) is 1. The predicted molar refractivity (Wildman–Crippen MR) is 163 cm³/mol. The van der Waals surface area contributed by atoms with Crippen LogP contribution in [0.1, 0.15) is 55.3 Å². The molecule has 0 spiro atoms. The molecule has 1 fully saturated rings. The minimum Gasteiger partial charge on any atom is -0.445 e. The van der Waals surface area contributed by atoms with Gasteiger partial charge >= 0.3 is 6.09 Å². The summed E-state index contributed by atoms with van der Waals surface area (Å²) in [6.45, 7) is 0.0423. The first-order chi connectivity index (χ1) is 21.0. The molecule has 3 aromatic rings. The van der Waals surface area contributed by atoms with Crippen LogP contribution in [-0.4, -0.2) is 46.2 Å². The normalized spacial score (nSPS) is 15.8. The molecule has 11 nitrogen and oxygen atoms in total. The highest BCUT2D eigenvalue weighted by molar-refractivity contribution is 7.17. The minimum absolute atomic E-state index is 0.0423. The highest BCUT2D eigenvalue weighted by atomic mass is 31.1. The van der Waals surface area contributed by atoms with Crippen LogP contribution in [0, 0.1) is 5.92 Å². The van der Waals surface area contributed by atoms with Gasteiger partial charge in [0.15, 0.2) is 8.69 Å². The second kappa shape index (κ2) is 17.2. The molecule has 43 heavy (non-hydrogen) atoms. The van der Waals surface area contributed by atoms with E-state index in [9.17, 15) is 18.9 Å². The van der Waals surface area contributed by atoms with Gasteiger partial charge in [0.2, 0.25) is 11.8 Å². The number of hydrogen-bond acceptors (Lipinski definition) is 7. The predicted octanol–water partition coefficient (Wildman–Crippen LogP) is 4.08. The topological polar surface area (TPSA) is 152 Å². The summed E-state index contributed by atoms with van der Waals surface area (Å²) in [7, 11) is -1.54. The molecule has 1 aromatic heterocycles. The van der Waals surface area contributed by atoms with Gasteiger partial charge in [0.25, 0.3) is 0 Å². The van der Waals surface area contributed by atoms with Crippen molar-refractivity contribution in [1.29, 1.82) is 0 Å². The van der Waals surface area contributed by atoms with E-state index in [0.29, 0.717) is 18.0 Å². The summed E-state index contributed by atoms with van der Waals surface area (Å²) in [6, 6.07) is 16.4. The Bertz CT molecular complexity index is 1290. The van der Waals surface area contributed by atoms with Crippen LogP contribution in [0.25, 0.3) is 0 Å². The molecule has 3 amide bonds. The van der Waals surface area contributed by atoms with Crippen LogP contribution in [0.3, 0.4) is 0 Å².